The third-order valence-electron chi connectivity index (χ3n) is 3.06. The van der Waals surface area contributed by atoms with Crippen LogP contribution in [0.15, 0.2) is 0 Å². The summed E-state index contributed by atoms with van der Waals surface area (Å²) in [7, 11) is 1.67. The van der Waals surface area contributed by atoms with Gasteiger partial charge in [-0.15, -0.1) is 0 Å². The molecule has 1 heterocycles. The molecule has 0 aromatic rings. The summed E-state index contributed by atoms with van der Waals surface area (Å²) < 4.78 is 15.7. The van der Waals surface area contributed by atoms with Gasteiger partial charge >= 0.3 is 0 Å². The smallest absolute Gasteiger partial charge is 0.0701 e. The van der Waals surface area contributed by atoms with Gasteiger partial charge in [-0.2, -0.15) is 0 Å². The molecule has 102 valence electrons. The van der Waals surface area contributed by atoms with Crippen molar-refractivity contribution in [2.45, 2.75) is 6.42 Å². The first-order chi connectivity index (χ1) is 8.36. The molecule has 1 aliphatic heterocycles. The Kier molecular flexibility index (Phi) is 8.56. The molecule has 1 saturated heterocycles. The van der Waals surface area contributed by atoms with Gasteiger partial charge in [-0.3, -0.25) is 0 Å². The molecule has 0 aromatic carbocycles. The van der Waals surface area contributed by atoms with Gasteiger partial charge in [0.2, 0.25) is 0 Å². The zero-order valence-electron chi connectivity index (χ0n) is 10.9. The van der Waals surface area contributed by atoms with Crippen LogP contribution in [-0.4, -0.2) is 71.2 Å². The lowest BCUT2D eigenvalue weighted by atomic mass is 10.1. The van der Waals surface area contributed by atoms with Crippen molar-refractivity contribution in [2.75, 3.05) is 66.3 Å². The van der Waals surface area contributed by atoms with Gasteiger partial charge in [0.15, 0.2) is 0 Å². The van der Waals surface area contributed by atoms with E-state index < -0.39 is 0 Å². The van der Waals surface area contributed by atoms with Crippen molar-refractivity contribution in [2.24, 2.45) is 11.7 Å². The van der Waals surface area contributed by atoms with Crippen LogP contribution in [-0.2, 0) is 14.2 Å². The SMILES string of the molecule is COCCOCCOCCN1CCC(CN)C1. The highest BCUT2D eigenvalue weighted by atomic mass is 16.5. The Bertz CT molecular complexity index is 181. The molecule has 17 heavy (non-hydrogen) atoms. The quantitative estimate of drug-likeness (QED) is 0.548. The lowest BCUT2D eigenvalue weighted by Gasteiger charge is -2.15. The molecular weight excluding hydrogens is 220 g/mol. The van der Waals surface area contributed by atoms with Crippen molar-refractivity contribution in [1.29, 1.82) is 0 Å². The zero-order chi connectivity index (χ0) is 12.3. The zero-order valence-corrected chi connectivity index (χ0v) is 10.9. The van der Waals surface area contributed by atoms with Crippen molar-refractivity contribution in [3.63, 3.8) is 0 Å². The fourth-order valence-corrected chi connectivity index (χ4v) is 1.97. The van der Waals surface area contributed by atoms with Crippen LogP contribution in [0.25, 0.3) is 0 Å². The molecule has 0 amide bonds. The minimum Gasteiger partial charge on any atom is -0.382 e. The third kappa shape index (κ3) is 6.95. The van der Waals surface area contributed by atoms with E-state index in [-0.39, 0.29) is 0 Å². The van der Waals surface area contributed by atoms with E-state index in [9.17, 15) is 0 Å². The number of hydrogen-bond donors (Lipinski definition) is 1. The number of nitrogens with two attached hydrogens (primary N) is 1. The van der Waals surface area contributed by atoms with Gasteiger partial charge in [-0.05, 0) is 25.4 Å². The van der Waals surface area contributed by atoms with E-state index in [1.807, 2.05) is 0 Å². The number of nitrogens with zero attached hydrogens (tertiary/aromatic N) is 1. The summed E-state index contributed by atoms with van der Waals surface area (Å²) in [4.78, 5) is 2.42. The molecule has 0 saturated carbocycles. The number of hydrogen-bond acceptors (Lipinski definition) is 5. The minimum atomic E-state index is 0.643. The molecule has 1 atom stereocenters. The number of ether oxygens (including phenoxy) is 3. The molecule has 1 rings (SSSR count). The van der Waals surface area contributed by atoms with Crippen LogP contribution in [0.3, 0.4) is 0 Å². The first kappa shape index (κ1) is 14.9. The van der Waals surface area contributed by atoms with Crippen LogP contribution in [0.1, 0.15) is 6.42 Å². The Morgan fingerprint density at radius 1 is 1.12 bits per heavy atom. The van der Waals surface area contributed by atoms with Gasteiger partial charge in [-0.25, -0.2) is 0 Å². The highest BCUT2D eigenvalue weighted by Gasteiger charge is 2.20. The fourth-order valence-electron chi connectivity index (χ4n) is 1.97. The Morgan fingerprint density at radius 2 is 1.82 bits per heavy atom. The number of methoxy groups -OCH3 is 1. The van der Waals surface area contributed by atoms with Crippen LogP contribution in [0.5, 0.6) is 0 Å². The highest BCUT2D eigenvalue weighted by Crippen LogP contribution is 2.13. The Hall–Kier alpha value is -0.200. The molecule has 1 aliphatic rings. The monoisotopic (exact) mass is 246 g/mol. The van der Waals surface area contributed by atoms with E-state index in [2.05, 4.69) is 4.90 Å². The summed E-state index contributed by atoms with van der Waals surface area (Å²) in [6.07, 6.45) is 1.23. The van der Waals surface area contributed by atoms with Crippen LogP contribution in [0, 0.1) is 5.92 Å². The maximum atomic E-state index is 5.65. The van der Waals surface area contributed by atoms with Crippen LogP contribution < -0.4 is 5.73 Å². The summed E-state index contributed by atoms with van der Waals surface area (Å²) in [6.45, 7) is 7.50. The maximum absolute atomic E-state index is 5.65. The normalized spacial score (nSPS) is 21.2. The molecule has 0 aliphatic carbocycles. The van der Waals surface area contributed by atoms with Gasteiger partial charge in [0.1, 0.15) is 0 Å². The standard InChI is InChI=1S/C12H26N2O3/c1-15-6-7-17-9-8-16-5-4-14-3-2-12(10-13)11-14/h12H,2-11,13H2,1H3. The summed E-state index contributed by atoms with van der Waals surface area (Å²) >= 11 is 0. The highest BCUT2D eigenvalue weighted by molar-refractivity contribution is 4.75. The maximum Gasteiger partial charge on any atom is 0.0701 e. The molecule has 2 N–H and O–H groups in total. The van der Waals surface area contributed by atoms with Gasteiger partial charge < -0.3 is 24.8 Å². The van der Waals surface area contributed by atoms with Crippen LogP contribution in [0.2, 0.25) is 0 Å². The average molecular weight is 246 g/mol. The minimum absolute atomic E-state index is 0.643. The fraction of sp³-hybridized carbons (Fsp3) is 1.00. The lowest BCUT2D eigenvalue weighted by molar-refractivity contribution is 0.0206. The molecule has 5 heteroatoms. The molecule has 1 fully saturated rings. The second-order valence-corrected chi connectivity index (χ2v) is 4.41. The van der Waals surface area contributed by atoms with Crippen LogP contribution >= 0.6 is 0 Å². The number of likely N-dealkylation sites (tertiary alicyclic amines) is 1. The molecular formula is C12H26N2O3. The van der Waals surface area contributed by atoms with E-state index in [0.29, 0.717) is 32.3 Å². The van der Waals surface area contributed by atoms with Crippen molar-refractivity contribution < 1.29 is 14.2 Å². The van der Waals surface area contributed by atoms with E-state index in [4.69, 9.17) is 19.9 Å². The Morgan fingerprint density at radius 3 is 2.47 bits per heavy atom. The largest absolute Gasteiger partial charge is 0.382 e. The van der Waals surface area contributed by atoms with E-state index in [1.165, 1.54) is 6.42 Å². The average Bonchev–Trinajstić information content (AvgIpc) is 2.80. The van der Waals surface area contributed by atoms with E-state index >= 15 is 0 Å². The molecule has 0 spiro atoms. The number of rotatable bonds is 10. The van der Waals surface area contributed by atoms with Crippen molar-refractivity contribution in [1.82, 2.24) is 4.90 Å². The second kappa shape index (κ2) is 9.79. The second-order valence-electron chi connectivity index (χ2n) is 4.41. The topological polar surface area (TPSA) is 57.0 Å². The van der Waals surface area contributed by atoms with Crippen LogP contribution in [0.4, 0.5) is 0 Å². The van der Waals surface area contributed by atoms with Gasteiger partial charge in [0, 0.05) is 20.2 Å². The van der Waals surface area contributed by atoms with Crippen molar-refractivity contribution in [3.05, 3.63) is 0 Å². The van der Waals surface area contributed by atoms with Gasteiger partial charge in [-0.1, -0.05) is 0 Å². The van der Waals surface area contributed by atoms with Crippen molar-refractivity contribution in [3.8, 4) is 0 Å². The molecule has 0 aromatic heterocycles. The summed E-state index contributed by atoms with van der Waals surface area (Å²) in [5.41, 5.74) is 5.65. The van der Waals surface area contributed by atoms with Gasteiger partial charge in [0.25, 0.3) is 0 Å². The molecule has 0 bridgehead atoms. The summed E-state index contributed by atoms with van der Waals surface area (Å²) in [5.74, 6) is 0.687. The molecule has 5 nitrogen and oxygen atoms in total. The lowest BCUT2D eigenvalue weighted by Crippen LogP contribution is -2.27. The third-order valence-corrected chi connectivity index (χ3v) is 3.06. The Labute approximate surface area is 104 Å². The first-order valence-corrected chi connectivity index (χ1v) is 6.43. The summed E-state index contributed by atoms with van der Waals surface area (Å²) in [6, 6.07) is 0. The van der Waals surface area contributed by atoms with Crippen molar-refractivity contribution >= 4 is 0 Å². The predicted molar refractivity (Wildman–Crippen MR) is 67.1 cm³/mol. The molecule has 0 radical (unpaired) electrons. The van der Waals surface area contributed by atoms with E-state index in [1.54, 1.807) is 7.11 Å². The van der Waals surface area contributed by atoms with Gasteiger partial charge in [0.05, 0.1) is 33.0 Å². The Balaban J connectivity index is 1.81. The van der Waals surface area contributed by atoms with E-state index in [0.717, 1.165) is 32.8 Å². The first-order valence-electron chi connectivity index (χ1n) is 6.43. The predicted octanol–water partition coefficient (Wildman–Crippen LogP) is -0.0534. The summed E-state index contributed by atoms with van der Waals surface area (Å²) in [5, 5.41) is 0. The molecule has 1 unspecified atom stereocenters.